The molecule has 2 heteroatoms. The van der Waals surface area contributed by atoms with Crippen LogP contribution in [0.25, 0.3) is 0 Å². The lowest BCUT2D eigenvalue weighted by Crippen LogP contribution is -2.23. The second-order valence-electron chi connectivity index (χ2n) is 3.81. The molecule has 0 aromatic carbocycles. The summed E-state index contributed by atoms with van der Waals surface area (Å²) in [6, 6.07) is 0. The molecule has 1 heterocycles. The van der Waals surface area contributed by atoms with Crippen LogP contribution in [0.1, 0.15) is 51.9 Å². The monoisotopic (exact) mass is 196 g/mol. The fraction of sp³-hybridized carbons (Fsp3) is 0.750. The first-order valence-corrected chi connectivity index (χ1v) is 5.67. The van der Waals surface area contributed by atoms with Gasteiger partial charge in [0.1, 0.15) is 6.10 Å². The maximum atomic E-state index is 11.0. The summed E-state index contributed by atoms with van der Waals surface area (Å²) in [6.45, 7) is 2.14. The molecule has 0 amide bonds. The molecule has 0 radical (unpaired) electrons. The normalized spacial score (nSPS) is 22.6. The van der Waals surface area contributed by atoms with Gasteiger partial charge in [-0.05, 0) is 38.5 Å². The van der Waals surface area contributed by atoms with Gasteiger partial charge in [0.15, 0.2) is 0 Å². The predicted octanol–water partition coefficient (Wildman–Crippen LogP) is 3.22. The number of ether oxygens (including phenoxy) is 1. The Kier molecular flexibility index (Phi) is 5.35. The largest absolute Gasteiger partial charge is 0.462 e. The van der Waals surface area contributed by atoms with Crippen LogP contribution in [-0.4, -0.2) is 12.1 Å². The Morgan fingerprint density at radius 2 is 2.36 bits per heavy atom. The van der Waals surface area contributed by atoms with E-state index in [9.17, 15) is 4.79 Å². The van der Waals surface area contributed by atoms with E-state index in [1.165, 1.54) is 0 Å². The van der Waals surface area contributed by atoms with Gasteiger partial charge in [-0.3, -0.25) is 4.79 Å². The summed E-state index contributed by atoms with van der Waals surface area (Å²) in [4.78, 5) is 11.0. The van der Waals surface area contributed by atoms with Crippen LogP contribution in [0.4, 0.5) is 0 Å². The topological polar surface area (TPSA) is 26.3 Å². The minimum absolute atomic E-state index is 0.00893. The van der Waals surface area contributed by atoms with Crippen molar-refractivity contribution in [1.82, 2.24) is 0 Å². The number of hydrogen-bond donors (Lipinski definition) is 0. The smallest absolute Gasteiger partial charge is 0.306 e. The molecule has 0 N–H and O–H groups in total. The number of cyclic esters (lactones) is 1. The van der Waals surface area contributed by atoms with Crippen LogP contribution in [0.5, 0.6) is 0 Å². The number of hydrogen-bond acceptors (Lipinski definition) is 2. The lowest BCUT2D eigenvalue weighted by atomic mass is 10.0. The van der Waals surface area contributed by atoms with Gasteiger partial charge in [0.2, 0.25) is 0 Å². The molecule has 1 saturated heterocycles. The van der Waals surface area contributed by atoms with Gasteiger partial charge in [-0.15, -0.1) is 0 Å². The van der Waals surface area contributed by atoms with Gasteiger partial charge < -0.3 is 4.74 Å². The molecular weight excluding hydrogens is 176 g/mol. The van der Waals surface area contributed by atoms with Crippen LogP contribution in [0.2, 0.25) is 0 Å². The predicted molar refractivity (Wildman–Crippen MR) is 57.0 cm³/mol. The van der Waals surface area contributed by atoms with E-state index in [0.717, 1.165) is 38.5 Å². The third kappa shape index (κ3) is 4.45. The second-order valence-corrected chi connectivity index (χ2v) is 3.81. The van der Waals surface area contributed by atoms with Gasteiger partial charge in [0.25, 0.3) is 0 Å². The third-order valence-electron chi connectivity index (χ3n) is 2.50. The minimum atomic E-state index is -0.00893. The fourth-order valence-electron chi connectivity index (χ4n) is 1.73. The zero-order valence-corrected chi connectivity index (χ0v) is 9.00. The Hall–Kier alpha value is -0.790. The lowest BCUT2D eigenvalue weighted by Gasteiger charge is -2.21. The average molecular weight is 196 g/mol. The highest BCUT2D eigenvalue weighted by molar-refractivity contribution is 5.70. The Morgan fingerprint density at radius 1 is 1.50 bits per heavy atom. The number of unbranched alkanes of at least 4 members (excludes halogenated alkanes) is 1. The molecule has 14 heavy (non-hydrogen) atoms. The van der Waals surface area contributed by atoms with Crippen LogP contribution in [-0.2, 0) is 9.53 Å². The van der Waals surface area contributed by atoms with Gasteiger partial charge in [-0.2, -0.15) is 0 Å². The van der Waals surface area contributed by atoms with Crippen LogP contribution in [0, 0.1) is 0 Å². The van der Waals surface area contributed by atoms with Crippen LogP contribution in [0.3, 0.4) is 0 Å². The van der Waals surface area contributed by atoms with Gasteiger partial charge in [-0.25, -0.2) is 0 Å². The molecule has 1 unspecified atom stereocenters. The molecule has 0 bridgehead atoms. The van der Waals surface area contributed by atoms with Crippen molar-refractivity contribution in [3.8, 4) is 0 Å². The summed E-state index contributed by atoms with van der Waals surface area (Å²) in [5.41, 5.74) is 0. The summed E-state index contributed by atoms with van der Waals surface area (Å²) in [7, 11) is 0. The van der Waals surface area contributed by atoms with Crippen molar-refractivity contribution in [3.63, 3.8) is 0 Å². The molecule has 2 nitrogen and oxygen atoms in total. The Morgan fingerprint density at radius 3 is 3.07 bits per heavy atom. The molecule has 0 aliphatic carbocycles. The second kappa shape index (κ2) is 6.63. The number of carbonyl (C=O) groups excluding carboxylic acids is 1. The van der Waals surface area contributed by atoms with Crippen molar-refractivity contribution in [3.05, 3.63) is 12.2 Å². The molecule has 80 valence electrons. The maximum Gasteiger partial charge on any atom is 0.306 e. The number of allylic oxidation sites excluding steroid dienone is 2. The highest BCUT2D eigenvalue weighted by Crippen LogP contribution is 2.18. The van der Waals surface area contributed by atoms with Gasteiger partial charge in [0, 0.05) is 6.42 Å². The molecule has 1 rings (SSSR count). The van der Waals surface area contributed by atoms with Crippen LogP contribution >= 0.6 is 0 Å². The van der Waals surface area contributed by atoms with E-state index in [1.807, 2.05) is 0 Å². The van der Waals surface area contributed by atoms with Crippen molar-refractivity contribution in [2.75, 3.05) is 0 Å². The lowest BCUT2D eigenvalue weighted by molar-refractivity contribution is -0.154. The SMILES string of the molecule is CC/C=C\CCCC1CCCC(=O)O1. The van der Waals surface area contributed by atoms with Gasteiger partial charge in [-0.1, -0.05) is 19.1 Å². The van der Waals surface area contributed by atoms with Gasteiger partial charge >= 0.3 is 5.97 Å². The Bertz CT molecular complexity index is 196. The summed E-state index contributed by atoms with van der Waals surface area (Å²) in [5, 5.41) is 0. The molecular formula is C12H20O2. The molecule has 1 atom stereocenters. The Labute approximate surface area is 86.3 Å². The number of esters is 1. The molecule has 1 fully saturated rings. The first-order chi connectivity index (χ1) is 6.83. The number of carbonyl (C=O) groups is 1. The number of rotatable bonds is 5. The van der Waals surface area contributed by atoms with Crippen molar-refractivity contribution >= 4 is 5.97 Å². The highest BCUT2D eigenvalue weighted by atomic mass is 16.5. The van der Waals surface area contributed by atoms with Crippen molar-refractivity contribution in [2.45, 2.75) is 58.0 Å². The molecule has 0 saturated carbocycles. The van der Waals surface area contributed by atoms with E-state index in [0.29, 0.717) is 6.42 Å². The van der Waals surface area contributed by atoms with Crippen molar-refractivity contribution in [2.24, 2.45) is 0 Å². The van der Waals surface area contributed by atoms with E-state index in [2.05, 4.69) is 19.1 Å². The van der Waals surface area contributed by atoms with E-state index >= 15 is 0 Å². The summed E-state index contributed by atoms with van der Waals surface area (Å²) >= 11 is 0. The summed E-state index contributed by atoms with van der Waals surface area (Å²) in [5.74, 6) is -0.00893. The van der Waals surface area contributed by atoms with E-state index in [4.69, 9.17) is 4.74 Å². The molecule has 1 aliphatic heterocycles. The highest BCUT2D eigenvalue weighted by Gasteiger charge is 2.19. The standard InChI is InChI=1S/C12H20O2/c1-2-3-4-5-6-8-11-9-7-10-12(13)14-11/h3-4,11H,2,5-10H2,1H3/b4-3-. The maximum absolute atomic E-state index is 11.0. The molecule has 1 aliphatic rings. The van der Waals surface area contributed by atoms with E-state index in [-0.39, 0.29) is 12.1 Å². The Balaban J connectivity index is 2.05. The quantitative estimate of drug-likeness (QED) is 0.383. The summed E-state index contributed by atoms with van der Waals surface area (Å²) < 4.78 is 5.23. The first kappa shape index (κ1) is 11.3. The van der Waals surface area contributed by atoms with Crippen LogP contribution < -0.4 is 0 Å². The average Bonchev–Trinajstić information content (AvgIpc) is 2.18. The first-order valence-electron chi connectivity index (χ1n) is 5.67. The van der Waals surface area contributed by atoms with Crippen molar-refractivity contribution in [1.29, 1.82) is 0 Å². The molecule has 0 aromatic rings. The fourth-order valence-corrected chi connectivity index (χ4v) is 1.73. The van der Waals surface area contributed by atoms with E-state index < -0.39 is 0 Å². The zero-order valence-electron chi connectivity index (χ0n) is 9.00. The third-order valence-corrected chi connectivity index (χ3v) is 2.50. The zero-order chi connectivity index (χ0) is 10.2. The van der Waals surface area contributed by atoms with Crippen molar-refractivity contribution < 1.29 is 9.53 Å². The van der Waals surface area contributed by atoms with Gasteiger partial charge in [0.05, 0.1) is 0 Å². The minimum Gasteiger partial charge on any atom is -0.462 e. The van der Waals surface area contributed by atoms with Crippen LogP contribution in [0.15, 0.2) is 12.2 Å². The summed E-state index contributed by atoms with van der Waals surface area (Å²) in [6.07, 6.45) is 11.7. The molecule has 0 aromatic heterocycles. The van der Waals surface area contributed by atoms with E-state index in [1.54, 1.807) is 0 Å². The molecule has 0 spiro atoms.